The fourth-order valence-electron chi connectivity index (χ4n) is 12.8. The van der Waals surface area contributed by atoms with Crippen molar-refractivity contribution in [2.24, 2.45) is 0 Å². The first-order valence-corrected chi connectivity index (χ1v) is 27.1. The number of aromatic nitrogens is 3. The van der Waals surface area contributed by atoms with E-state index in [0.717, 1.165) is 84.0 Å². The lowest BCUT2D eigenvalue weighted by Crippen LogP contribution is -2.11. The number of para-hydroxylation sites is 7. The van der Waals surface area contributed by atoms with Gasteiger partial charge in [-0.1, -0.05) is 188 Å². The minimum absolute atomic E-state index is 1.07. The Morgan fingerprint density at radius 1 is 0.190 bits per heavy atom. The first kappa shape index (κ1) is 44.7. The van der Waals surface area contributed by atoms with Crippen molar-refractivity contribution in [1.29, 1.82) is 0 Å². The number of hydrogen-bond donors (Lipinski definition) is 0. The van der Waals surface area contributed by atoms with Gasteiger partial charge in [-0.3, -0.25) is 0 Å². The minimum Gasteiger partial charge on any atom is -0.310 e. The third kappa shape index (κ3) is 6.96. The molecule has 0 spiro atoms. The summed E-state index contributed by atoms with van der Waals surface area (Å²) in [5, 5.41) is 12.0. The number of rotatable bonds is 9. The van der Waals surface area contributed by atoms with Gasteiger partial charge in [-0.15, -0.1) is 0 Å². The zero-order valence-electron chi connectivity index (χ0n) is 43.0. The molecular weight excluding hydrogens is 959 g/mol. The molecule has 0 fully saturated rings. The standard InChI is InChI=1S/C74H49N5/c1-6-24-50(25-7-1)75(55-42-44-61-57-34-20-22-40-65(57)77(67(61)46-55)52-28-10-3-11-29-52)69-48-71-73(63-38-18-16-36-59(63)69)74-64-39-19-17-37-60(64)70(49-72(74)79(71)54-32-14-5-15-33-54)76(51-26-8-2-9-27-51)56-43-45-62-58-35-21-23-41-66(58)78(68(62)47-56)53-30-12-4-13-31-53/h1-49H. The van der Waals surface area contributed by atoms with Gasteiger partial charge < -0.3 is 23.5 Å². The Bertz CT molecular complexity index is 4700. The van der Waals surface area contributed by atoms with Gasteiger partial charge in [0, 0.05) is 82.9 Å². The number of anilines is 6. The van der Waals surface area contributed by atoms with Crippen molar-refractivity contribution < 1.29 is 0 Å². The van der Waals surface area contributed by atoms with Crippen LogP contribution in [-0.2, 0) is 0 Å². The molecule has 16 rings (SSSR count). The van der Waals surface area contributed by atoms with Crippen LogP contribution in [0.15, 0.2) is 297 Å². The van der Waals surface area contributed by atoms with Crippen LogP contribution in [0.2, 0.25) is 0 Å². The number of hydrogen-bond acceptors (Lipinski definition) is 2. The molecule has 0 radical (unpaired) electrons. The highest BCUT2D eigenvalue weighted by molar-refractivity contribution is 6.32. The minimum atomic E-state index is 1.07. The van der Waals surface area contributed by atoms with E-state index in [1.54, 1.807) is 0 Å². The van der Waals surface area contributed by atoms with E-state index < -0.39 is 0 Å². The Morgan fingerprint density at radius 2 is 0.481 bits per heavy atom. The smallest absolute Gasteiger partial charge is 0.0568 e. The molecule has 16 aromatic rings. The summed E-state index contributed by atoms with van der Waals surface area (Å²) in [5.74, 6) is 0. The normalized spacial score (nSPS) is 11.8. The summed E-state index contributed by atoms with van der Waals surface area (Å²) in [7, 11) is 0. The van der Waals surface area contributed by atoms with E-state index in [-0.39, 0.29) is 0 Å². The van der Waals surface area contributed by atoms with E-state index in [9.17, 15) is 0 Å². The van der Waals surface area contributed by atoms with Crippen LogP contribution in [-0.4, -0.2) is 13.7 Å². The molecule has 3 aromatic heterocycles. The van der Waals surface area contributed by atoms with Crippen molar-refractivity contribution in [3.63, 3.8) is 0 Å². The van der Waals surface area contributed by atoms with Gasteiger partial charge in [0.1, 0.15) is 0 Å². The van der Waals surface area contributed by atoms with E-state index in [1.165, 1.54) is 54.1 Å². The maximum Gasteiger partial charge on any atom is 0.0568 e. The quantitative estimate of drug-likeness (QED) is 0.144. The zero-order chi connectivity index (χ0) is 52.0. The summed E-state index contributed by atoms with van der Waals surface area (Å²) in [4.78, 5) is 4.93. The molecule has 370 valence electrons. The maximum absolute atomic E-state index is 2.51. The fourth-order valence-corrected chi connectivity index (χ4v) is 12.8. The average Bonchev–Trinajstić information content (AvgIpc) is 4.26. The largest absolute Gasteiger partial charge is 0.310 e. The second-order valence-corrected chi connectivity index (χ2v) is 20.5. The average molecular weight is 1010 g/mol. The summed E-state index contributed by atoms with van der Waals surface area (Å²) in [5.41, 5.74) is 16.7. The fraction of sp³-hybridized carbons (Fsp3) is 0. The van der Waals surface area contributed by atoms with Crippen LogP contribution in [0.5, 0.6) is 0 Å². The van der Waals surface area contributed by atoms with Crippen molar-refractivity contribution in [3.05, 3.63) is 297 Å². The van der Waals surface area contributed by atoms with Crippen LogP contribution in [0.4, 0.5) is 34.1 Å². The number of benzene rings is 13. The molecule has 3 heterocycles. The highest BCUT2D eigenvalue weighted by Crippen LogP contribution is 2.51. The maximum atomic E-state index is 2.51. The van der Waals surface area contributed by atoms with Crippen LogP contribution in [0.3, 0.4) is 0 Å². The lowest BCUT2D eigenvalue weighted by molar-refractivity contribution is 1.17. The second-order valence-electron chi connectivity index (χ2n) is 20.5. The first-order chi connectivity index (χ1) is 39.2. The molecule has 79 heavy (non-hydrogen) atoms. The van der Waals surface area contributed by atoms with E-state index in [1.807, 2.05) is 0 Å². The predicted molar refractivity (Wildman–Crippen MR) is 334 cm³/mol. The van der Waals surface area contributed by atoms with E-state index in [0.29, 0.717) is 0 Å². The Balaban J connectivity index is 0.997. The van der Waals surface area contributed by atoms with Crippen molar-refractivity contribution in [2.45, 2.75) is 0 Å². The molecule has 0 amide bonds. The molecule has 0 saturated carbocycles. The Morgan fingerprint density at radius 3 is 0.861 bits per heavy atom. The van der Waals surface area contributed by atoms with Crippen LogP contribution in [0, 0.1) is 0 Å². The number of nitrogens with zero attached hydrogens (tertiary/aromatic N) is 5. The Kier molecular flexibility index (Phi) is 10.2. The second kappa shape index (κ2) is 18.0. The van der Waals surface area contributed by atoms with Crippen LogP contribution in [0.25, 0.3) is 104 Å². The van der Waals surface area contributed by atoms with Crippen molar-refractivity contribution in [3.8, 4) is 17.1 Å². The summed E-state index contributed by atoms with van der Waals surface area (Å²) >= 11 is 0. The molecule has 0 aliphatic heterocycles. The molecule has 5 heteroatoms. The van der Waals surface area contributed by atoms with Gasteiger partial charge in [0.05, 0.1) is 44.5 Å². The van der Waals surface area contributed by atoms with Gasteiger partial charge in [-0.05, 0) is 120 Å². The third-order valence-electron chi connectivity index (χ3n) is 16.1. The molecule has 0 aliphatic rings. The molecule has 0 atom stereocenters. The van der Waals surface area contributed by atoms with Gasteiger partial charge in [-0.2, -0.15) is 0 Å². The van der Waals surface area contributed by atoms with Crippen LogP contribution in [0.1, 0.15) is 0 Å². The van der Waals surface area contributed by atoms with E-state index >= 15 is 0 Å². The lowest BCUT2D eigenvalue weighted by Gasteiger charge is -2.28. The molecule has 13 aromatic carbocycles. The predicted octanol–water partition coefficient (Wildman–Crippen LogP) is 20.2. The molecular formula is C74H49N5. The molecule has 0 bridgehead atoms. The van der Waals surface area contributed by atoms with E-state index in [2.05, 4.69) is 321 Å². The van der Waals surface area contributed by atoms with Gasteiger partial charge in [0.2, 0.25) is 0 Å². The van der Waals surface area contributed by atoms with Crippen molar-refractivity contribution in [2.75, 3.05) is 9.80 Å². The summed E-state index contributed by atoms with van der Waals surface area (Å²) in [6.45, 7) is 0. The molecule has 0 saturated heterocycles. The van der Waals surface area contributed by atoms with Gasteiger partial charge in [0.25, 0.3) is 0 Å². The summed E-state index contributed by atoms with van der Waals surface area (Å²) in [6, 6.07) is 109. The highest BCUT2D eigenvalue weighted by atomic mass is 15.2. The lowest BCUT2D eigenvalue weighted by atomic mass is 9.96. The monoisotopic (exact) mass is 1010 g/mol. The zero-order valence-corrected chi connectivity index (χ0v) is 43.0. The molecule has 5 nitrogen and oxygen atoms in total. The van der Waals surface area contributed by atoms with Crippen molar-refractivity contribution in [1.82, 2.24) is 13.7 Å². The van der Waals surface area contributed by atoms with Gasteiger partial charge in [0.15, 0.2) is 0 Å². The number of fused-ring (bicyclic) bond motifs is 13. The van der Waals surface area contributed by atoms with Gasteiger partial charge >= 0.3 is 0 Å². The molecule has 0 aliphatic carbocycles. The van der Waals surface area contributed by atoms with Crippen LogP contribution >= 0.6 is 0 Å². The Labute approximate surface area is 456 Å². The SMILES string of the molecule is c1ccc(N(c2ccc3c4ccccc4n(-c4ccccc4)c3c2)c2cc3c(c4ccccc24)c2c4ccccc4c(N(c4ccccc4)c4ccc5c6ccccc6n(-c6ccccc6)c5c4)cc2n3-c2ccccc2)cc1. The first-order valence-electron chi connectivity index (χ1n) is 27.1. The topological polar surface area (TPSA) is 21.3 Å². The van der Waals surface area contributed by atoms with Crippen molar-refractivity contribution >= 4 is 121 Å². The molecule has 0 N–H and O–H groups in total. The third-order valence-corrected chi connectivity index (χ3v) is 16.1. The summed E-state index contributed by atoms with van der Waals surface area (Å²) < 4.78 is 7.33. The van der Waals surface area contributed by atoms with E-state index in [4.69, 9.17) is 0 Å². The molecule has 0 unspecified atom stereocenters. The van der Waals surface area contributed by atoms with Crippen LogP contribution < -0.4 is 9.80 Å². The Hall–Kier alpha value is -10.6. The summed E-state index contributed by atoms with van der Waals surface area (Å²) in [6.07, 6.45) is 0. The highest BCUT2D eigenvalue weighted by Gasteiger charge is 2.27. The van der Waals surface area contributed by atoms with Gasteiger partial charge in [-0.25, -0.2) is 0 Å².